The SMILES string of the molecule is CCOC(=O)c1cn(C2CC2)cc(-c2ccc(F)cc2)c1=O.O=C(O)c1cn(C2CC2)cc(-c2ccc(F)cc2)c1=O. The Morgan fingerprint density at radius 2 is 1.14 bits per heavy atom. The molecule has 0 atom stereocenters. The average Bonchev–Trinajstić information content (AvgIpc) is 3.88. The summed E-state index contributed by atoms with van der Waals surface area (Å²) in [5, 5.41) is 9.13. The number of carbonyl (C=O) groups is 2. The van der Waals surface area contributed by atoms with Crippen LogP contribution in [-0.4, -0.2) is 32.8 Å². The molecule has 10 heteroatoms. The lowest BCUT2D eigenvalue weighted by atomic mass is 10.0. The van der Waals surface area contributed by atoms with Crippen molar-refractivity contribution in [1.29, 1.82) is 0 Å². The number of benzene rings is 2. The van der Waals surface area contributed by atoms with E-state index in [1.54, 1.807) is 30.1 Å². The predicted octanol–water partition coefficient (Wildman–Crippen LogP) is 5.85. The number of halogens is 2. The van der Waals surface area contributed by atoms with E-state index in [0.29, 0.717) is 22.7 Å². The molecule has 0 bridgehead atoms. The molecular weight excluding hydrogens is 546 g/mol. The van der Waals surface area contributed by atoms with E-state index in [2.05, 4.69) is 0 Å². The van der Waals surface area contributed by atoms with Crippen LogP contribution in [0, 0.1) is 11.6 Å². The normalized spacial score (nSPS) is 14.1. The molecule has 0 amide bonds. The maximum atomic E-state index is 13.1. The Morgan fingerprint density at radius 1 is 0.738 bits per heavy atom. The lowest BCUT2D eigenvalue weighted by Gasteiger charge is -2.11. The van der Waals surface area contributed by atoms with Crippen molar-refractivity contribution in [3.05, 3.63) is 117 Å². The van der Waals surface area contributed by atoms with Gasteiger partial charge in [-0.3, -0.25) is 9.59 Å². The largest absolute Gasteiger partial charge is 0.477 e. The van der Waals surface area contributed by atoms with E-state index >= 15 is 0 Å². The van der Waals surface area contributed by atoms with Crippen LogP contribution in [-0.2, 0) is 4.74 Å². The Labute approximate surface area is 239 Å². The molecule has 0 saturated heterocycles. The molecule has 2 aromatic heterocycles. The summed E-state index contributed by atoms with van der Waals surface area (Å²) in [6.07, 6.45) is 10.3. The molecular formula is C32H28F2N2O6. The quantitative estimate of drug-likeness (QED) is 0.278. The van der Waals surface area contributed by atoms with Crippen LogP contribution in [0.5, 0.6) is 0 Å². The standard InChI is InChI=1S/C17H16FNO3.C15H12FNO3/c1-2-22-17(21)15-10-19(13-7-8-13)9-14(16(15)20)11-3-5-12(18)6-4-11;16-10-3-1-9(2-4-10)12-7-17(11-5-6-11)8-13(14(12)18)15(19)20/h3-6,9-10,13H,2,7-8H2,1H3;1-4,7-8,11H,5-6H2,(H,19,20). The summed E-state index contributed by atoms with van der Waals surface area (Å²) in [5.41, 5.74) is 0.632. The summed E-state index contributed by atoms with van der Waals surface area (Å²) in [4.78, 5) is 47.9. The smallest absolute Gasteiger partial charge is 0.343 e. The van der Waals surface area contributed by atoms with Crippen LogP contribution in [0.3, 0.4) is 0 Å². The molecule has 0 aliphatic heterocycles. The molecule has 2 aliphatic carbocycles. The van der Waals surface area contributed by atoms with Gasteiger partial charge in [0.1, 0.15) is 22.8 Å². The van der Waals surface area contributed by atoms with Crippen molar-refractivity contribution in [3.63, 3.8) is 0 Å². The van der Waals surface area contributed by atoms with Crippen LogP contribution < -0.4 is 10.9 Å². The van der Waals surface area contributed by atoms with E-state index in [1.807, 2.05) is 4.57 Å². The summed E-state index contributed by atoms with van der Waals surface area (Å²) in [5.74, 6) is -2.63. The highest BCUT2D eigenvalue weighted by Crippen LogP contribution is 2.36. The third kappa shape index (κ3) is 6.38. The molecule has 2 fully saturated rings. The van der Waals surface area contributed by atoms with E-state index in [-0.39, 0.29) is 40.6 Å². The van der Waals surface area contributed by atoms with Gasteiger partial charge in [-0.2, -0.15) is 0 Å². The van der Waals surface area contributed by atoms with Gasteiger partial charge in [0, 0.05) is 48.0 Å². The molecule has 4 aromatic rings. The van der Waals surface area contributed by atoms with E-state index in [9.17, 15) is 28.0 Å². The number of aromatic nitrogens is 2. The second kappa shape index (κ2) is 11.9. The Bertz CT molecular complexity index is 1750. The minimum absolute atomic E-state index is 0.0237. The van der Waals surface area contributed by atoms with Gasteiger partial charge in [-0.25, -0.2) is 18.4 Å². The van der Waals surface area contributed by atoms with E-state index in [4.69, 9.17) is 9.84 Å². The molecule has 2 aliphatic rings. The van der Waals surface area contributed by atoms with Gasteiger partial charge in [0.2, 0.25) is 10.9 Å². The number of nitrogens with zero attached hydrogens (tertiary/aromatic N) is 2. The van der Waals surface area contributed by atoms with E-state index in [0.717, 1.165) is 25.7 Å². The lowest BCUT2D eigenvalue weighted by Crippen LogP contribution is -2.21. The number of rotatable bonds is 7. The van der Waals surface area contributed by atoms with Gasteiger partial charge in [-0.15, -0.1) is 0 Å². The highest BCUT2D eigenvalue weighted by Gasteiger charge is 2.27. The fourth-order valence-electron chi connectivity index (χ4n) is 4.54. The molecule has 2 saturated carbocycles. The van der Waals surface area contributed by atoms with Crippen molar-refractivity contribution < 1.29 is 28.2 Å². The third-order valence-corrected chi connectivity index (χ3v) is 7.06. The maximum Gasteiger partial charge on any atom is 0.343 e. The molecule has 0 spiro atoms. The minimum Gasteiger partial charge on any atom is -0.477 e. The number of ether oxygens (including phenoxy) is 1. The van der Waals surface area contributed by atoms with Gasteiger partial charge < -0.3 is 19.0 Å². The number of carboxylic acid groups (broad SMARTS) is 1. The topological polar surface area (TPSA) is 108 Å². The fraction of sp³-hybridized carbons (Fsp3) is 0.250. The lowest BCUT2D eigenvalue weighted by molar-refractivity contribution is 0.0523. The van der Waals surface area contributed by atoms with E-state index < -0.39 is 23.2 Å². The Hall–Kier alpha value is -4.86. The average molecular weight is 575 g/mol. The molecule has 42 heavy (non-hydrogen) atoms. The first-order chi connectivity index (χ1) is 20.2. The Balaban J connectivity index is 0.000000169. The third-order valence-electron chi connectivity index (χ3n) is 7.06. The Morgan fingerprint density at radius 3 is 1.52 bits per heavy atom. The van der Waals surface area contributed by atoms with Crippen molar-refractivity contribution in [1.82, 2.24) is 9.13 Å². The van der Waals surface area contributed by atoms with Crippen molar-refractivity contribution in [2.24, 2.45) is 0 Å². The van der Waals surface area contributed by atoms with Crippen LogP contribution in [0.25, 0.3) is 22.3 Å². The molecule has 8 nitrogen and oxygen atoms in total. The molecule has 6 rings (SSSR count). The molecule has 0 unspecified atom stereocenters. The second-order valence-corrected chi connectivity index (χ2v) is 10.2. The van der Waals surface area contributed by atoms with Gasteiger partial charge in [-0.1, -0.05) is 24.3 Å². The number of hydrogen-bond donors (Lipinski definition) is 1. The number of hydrogen-bond acceptors (Lipinski definition) is 5. The first-order valence-corrected chi connectivity index (χ1v) is 13.6. The van der Waals surface area contributed by atoms with Crippen LogP contribution >= 0.6 is 0 Å². The zero-order valence-corrected chi connectivity index (χ0v) is 22.8. The van der Waals surface area contributed by atoms with E-state index in [1.165, 1.54) is 54.7 Å². The van der Waals surface area contributed by atoms with Crippen LogP contribution in [0.1, 0.15) is 65.4 Å². The molecule has 2 heterocycles. The molecule has 2 aromatic carbocycles. The summed E-state index contributed by atoms with van der Waals surface area (Å²) >= 11 is 0. The van der Waals surface area contributed by atoms with Crippen LogP contribution in [0.4, 0.5) is 8.78 Å². The fourth-order valence-corrected chi connectivity index (χ4v) is 4.54. The van der Waals surface area contributed by atoms with Gasteiger partial charge in [0.15, 0.2) is 0 Å². The number of carbonyl (C=O) groups excluding carboxylic acids is 1. The molecule has 1 N–H and O–H groups in total. The monoisotopic (exact) mass is 574 g/mol. The number of esters is 1. The summed E-state index contributed by atoms with van der Waals surface area (Å²) in [7, 11) is 0. The zero-order valence-electron chi connectivity index (χ0n) is 22.8. The number of aromatic carboxylic acids is 1. The number of pyridine rings is 2. The zero-order chi connectivity index (χ0) is 30.0. The number of carboxylic acids is 1. The highest BCUT2D eigenvalue weighted by atomic mass is 19.1. The minimum atomic E-state index is -1.24. The first kappa shape index (κ1) is 28.7. The van der Waals surface area contributed by atoms with Crippen LogP contribution in [0.2, 0.25) is 0 Å². The van der Waals surface area contributed by atoms with Crippen molar-refractivity contribution in [2.45, 2.75) is 44.7 Å². The molecule has 0 radical (unpaired) electrons. The summed E-state index contributed by atoms with van der Waals surface area (Å²) in [6, 6.07) is 11.7. The van der Waals surface area contributed by atoms with Gasteiger partial charge in [0.25, 0.3) is 0 Å². The summed E-state index contributed by atoms with van der Waals surface area (Å²) in [6.45, 7) is 1.91. The van der Waals surface area contributed by atoms with Crippen molar-refractivity contribution >= 4 is 11.9 Å². The second-order valence-electron chi connectivity index (χ2n) is 10.2. The molecule has 216 valence electrons. The maximum absolute atomic E-state index is 13.1. The van der Waals surface area contributed by atoms with Crippen molar-refractivity contribution in [2.75, 3.05) is 6.61 Å². The van der Waals surface area contributed by atoms with Crippen molar-refractivity contribution in [3.8, 4) is 22.3 Å². The van der Waals surface area contributed by atoms with Crippen LogP contribution in [0.15, 0.2) is 82.9 Å². The summed E-state index contributed by atoms with van der Waals surface area (Å²) < 4.78 is 34.6. The van der Waals surface area contributed by atoms with Gasteiger partial charge in [-0.05, 0) is 68.0 Å². The van der Waals surface area contributed by atoms with Gasteiger partial charge in [0.05, 0.1) is 6.61 Å². The first-order valence-electron chi connectivity index (χ1n) is 13.6. The van der Waals surface area contributed by atoms with Gasteiger partial charge >= 0.3 is 11.9 Å². The predicted molar refractivity (Wildman–Crippen MR) is 152 cm³/mol. The highest BCUT2D eigenvalue weighted by molar-refractivity contribution is 5.90. The Kier molecular flexibility index (Phi) is 8.15.